The van der Waals surface area contributed by atoms with Gasteiger partial charge in [0.2, 0.25) is 5.91 Å². The Morgan fingerprint density at radius 3 is 2.38 bits per heavy atom. The molecule has 1 aliphatic rings. The summed E-state index contributed by atoms with van der Waals surface area (Å²) in [7, 11) is 0. The maximum absolute atomic E-state index is 12.4. The fraction of sp³-hybridized carbons (Fsp3) is 0.765. The summed E-state index contributed by atoms with van der Waals surface area (Å²) in [6.07, 6.45) is -1.92. The minimum absolute atomic E-state index is 0.148. The zero-order valence-corrected chi connectivity index (χ0v) is 15.3. The zero-order chi connectivity index (χ0) is 20.0. The second-order valence-corrected chi connectivity index (χ2v) is 6.65. The van der Waals surface area contributed by atoms with E-state index in [4.69, 9.17) is 15.6 Å². The van der Waals surface area contributed by atoms with Crippen molar-refractivity contribution in [2.45, 2.75) is 63.9 Å². The first kappa shape index (κ1) is 22.7. The maximum Gasteiger partial charge on any atom is 0.237 e. The van der Waals surface area contributed by atoms with E-state index in [2.05, 4.69) is 5.32 Å². The van der Waals surface area contributed by atoms with Crippen molar-refractivity contribution >= 4 is 11.7 Å². The van der Waals surface area contributed by atoms with Crippen LogP contribution < -0.4 is 11.1 Å². The smallest absolute Gasteiger partial charge is 0.237 e. The number of hydrogen-bond donors (Lipinski definition) is 6. The third kappa shape index (κ3) is 5.32. The Balaban J connectivity index is 2.73. The number of aliphatic hydroxyl groups is 4. The Kier molecular flexibility index (Phi) is 8.81. The lowest BCUT2D eigenvalue weighted by molar-refractivity contribution is -0.254. The molecule has 2 unspecified atom stereocenters. The highest BCUT2D eigenvalue weighted by molar-refractivity contribution is 5.92. The van der Waals surface area contributed by atoms with Gasteiger partial charge in [-0.05, 0) is 18.4 Å². The minimum atomic E-state index is -1.62. The molecule has 9 nitrogen and oxygen atoms in total. The monoisotopic (exact) mass is 374 g/mol. The van der Waals surface area contributed by atoms with Crippen LogP contribution in [0.2, 0.25) is 0 Å². The molecular formula is C17H30N2O7. The van der Waals surface area contributed by atoms with Crippen molar-refractivity contribution in [1.82, 2.24) is 5.32 Å². The van der Waals surface area contributed by atoms with Crippen LogP contribution in [0.5, 0.6) is 0 Å². The number of nitrogens with one attached hydrogen (secondary N) is 1. The van der Waals surface area contributed by atoms with Crippen molar-refractivity contribution in [3.63, 3.8) is 0 Å². The molecule has 1 heterocycles. The Bertz CT molecular complexity index is 513. The summed E-state index contributed by atoms with van der Waals surface area (Å²) in [5.74, 6) is -1.85. The second kappa shape index (κ2) is 10.1. The van der Waals surface area contributed by atoms with E-state index in [0.717, 1.165) is 0 Å². The van der Waals surface area contributed by atoms with Gasteiger partial charge in [-0.2, -0.15) is 0 Å². The standard InChI is InChI=1S/C17H30N2O7/c1-4-5-6-10(21)8(2)9(3)12(18)16(24)19-13-15(23)14(22)11(7-20)26-17(13)25/h5-6,8-9,11-15,17,20,22-23,25H,4,7,18H2,1-3H3,(H,19,24)/t8?,9-,11+,12-,13+,14+,15+,17?/m0/s1. The number of carbonyl (C=O) groups excluding carboxylic acids is 2. The van der Waals surface area contributed by atoms with E-state index < -0.39 is 61.0 Å². The number of ketones is 1. The highest BCUT2D eigenvalue weighted by Crippen LogP contribution is 2.21. The highest BCUT2D eigenvalue weighted by atomic mass is 16.6. The average Bonchev–Trinajstić information content (AvgIpc) is 2.63. The molecule has 0 aromatic heterocycles. The Morgan fingerprint density at radius 2 is 1.85 bits per heavy atom. The van der Waals surface area contributed by atoms with Crippen molar-refractivity contribution in [3.8, 4) is 0 Å². The van der Waals surface area contributed by atoms with Gasteiger partial charge < -0.3 is 36.2 Å². The molecule has 0 bridgehead atoms. The van der Waals surface area contributed by atoms with Crippen LogP contribution in [0, 0.1) is 11.8 Å². The van der Waals surface area contributed by atoms with Crippen LogP contribution in [0.4, 0.5) is 0 Å². The lowest BCUT2D eigenvalue weighted by Crippen LogP contribution is -2.65. The molecule has 9 heteroatoms. The SMILES string of the molecule is CCC=CC(=O)C(C)[C@H](C)[C@H](N)C(=O)N[C@H]1C(O)O[C@H](CO)[C@@H](O)[C@@H]1O. The molecule has 0 radical (unpaired) electrons. The quantitative estimate of drug-likeness (QED) is 0.267. The molecule has 8 atom stereocenters. The molecule has 0 saturated carbocycles. The van der Waals surface area contributed by atoms with Gasteiger partial charge >= 0.3 is 0 Å². The van der Waals surface area contributed by atoms with Crippen LogP contribution >= 0.6 is 0 Å². The van der Waals surface area contributed by atoms with Gasteiger partial charge in [-0.1, -0.05) is 26.8 Å². The lowest BCUT2D eigenvalue weighted by Gasteiger charge is -2.40. The molecule has 1 fully saturated rings. The Hall–Kier alpha value is -1.36. The van der Waals surface area contributed by atoms with E-state index in [9.17, 15) is 24.9 Å². The van der Waals surface area contributed by atoms with Crippen LogP contribution in [-0.2, 0) is 14.3 Å². The van der Waals surface area contributed by atoms with Crippen LogP contribution in [0.1, 0.15) is 27.2 Å². The predicted octanol–water partition coefficient (Wildman–Crippen LogP) is -1.96. The third-order valence-electron chi connectivity index (χ3n) is 4.83. The van der Waals surface area contributed by atoms with Gasteiger partial charge in [-0.25, -0.2) is 0 Å². The fourth-order valence-corrected chi connectivity index (χ4v) is 2.71. The number of ether oxygens (including phenoxy) is 1. The fourth-order valence-electron chi connectivity index (χ4n) is 2.71. The summed E-state index contributed by atoms with van der Waals surface area (Å²) >= 11 is 0. The number of hydrogen-bond acceptors (Lipinski definition) is 8. The molecule has 1 rings (SSSR count). The van der Waals surface area contributed by atoms with E-state index in [1.807, 2.05) is 6.92 Å². The van der Waals surface area contributed by atoms with Gasteiger partial charge in [0.15, 0.2) is 12.1 Å². The number of aliphatic hydroxyl groups excluding tert-OH is 4. The summed E-state index contributed by atoms with van der Waals surface area (Å²) < 4.78 is 4.98. The molecule has 0 aromatic rings. The minimum Gasteiger partial charge on any atom is -0.394 e. The van der Waals surface area contributed by atoms with Crippen LogP contribution in [-0.4, -0.2) is 75.4 Å². The zero-order valence-electron chi connectivity index (χ0n) is 15.3. The summed E-state index contributed by atoms with van der Waals surface area (Å²) in [5.41, 5.74) is 5.93. The maximum atomic E-state index is 12.4. The number of amides is 1. The van der Waals surface area contributed by atoms with E-state index in [1.54, 1.807) is 19.9 Å². The van der Waals surface area contributed by atoms with Crippen molar-refractivity contribution < 1.29 is 34.8 Å². The third-order valence-corrected chi connectivity index (χ3v) is 4.83. The van der Waals surface area contributed by atoms with Gasteiger partial charge in [0, 0.05) is 5.92 Å². The van der Waals surface area contributed by atoms with E-state index >= 15 is 0 Å². The Labute approximate surface area is 152 Å². The second-order valence-electron chi connectivity index (χ2n) is 6.65. The van der Waals surface area contributed by atoms with Crippen molar-refractivity contribution in [3.05, 3.63) is 12.2 Å². The van der Waals surface area contributed by atoms with Gasteiger partial charge in [0.05, 0.1) is 12.6 Å². The van der Waals surface area contributed by atoms with Crippen molar-refractivity contribution in [1.29, 1.82) is 0 Å². The number of allylic oxidation sites excluding steroid dienone is 2. The number of carbonyl (C=O) groups is 2. The lowest BCUT2D eigenvalue weighted by atomic mass is 9.85. The van der Waals surface area contributed by atoms with Crippen molar-refractivity contribution in [2.75, 3.05) is 6.61 Å². The number of rotatable bonds is 8. The first-order chi connectivity index (χ1) is 12.1. The molecule has 7 N–H and O–H groups in total. The molecular weight excluding hydrogens is 344 g/mol. The van der Waals surface area contributed by atoms with E-state index in [-0.39, 0.29) is 5.78 Å². The summed E-state index contributed by atoms with van der Waals surface area (Å²) in [6, 6.07) is -2.39. The largest absolute Gasteiger partial charge is 0.394 e. The molecule has 0 aliphatic carbocycles. The van der Waals surface area contributed by atoms with Crippen LogP contribution in [0.15, 0.2) is 12.2 Å². The Morgan fingerprint density at radius 1 is 1.23 bits per heavy atom. The summed E-state index contributed by atoms with van der Waals surface area (Å²) in [5, 5.41) is 41.2. The topological polar surface area (TPSA) is 162 Å². The molecule has 150 valence electrons. The van der Waals surface area contributed by atoms with Crippen LogP contribution in [0.3, 0.4) is 0 Å². The molecule has 1 amide bonds. The number of nitrogens with two attached hydrogens (primary N) is 1. The molecule has 1 aliphatic heterocycles. The van der Waals surface area contributed by atoms with Gasteiger partial charge in [-0.3, -0.25) is 9.59 Å². The van der Waals surface area contributed by atoms with Crippen molar-refractivity contribution in [2.24, 2.45) is 17.6 Å². The molecule has 26 heavy (non-hydrogen) atoms. The van der Waals surface area contributed by atoms with Gasteiger partial charge in [-0.15, -0.1) is 0 Å². The highest BCUT2D eigenvalue weighted by Gasteiger charge is 2.45. The molecule has 1 saturated heterocycles. The predicted molar refractivity (Wildman–Crippen MR) is 92.7 cm³/mol. The van der Waals surface area contributed by atoms with Gasteiger partial charge in [0.25, 0.3) is 0 Å². The molecule has 0 aromatic carbocycles. The first-order valence-corrected chi connectivity index (χ1v) is 8.72. The molecule has 0 spiro atoms. The summed E-state index contributed by atoms with van der Waals surface area (Å²) in [4.78, 5) is 24.4. The van der Waals surface area contributed by atoms with E-state index in [1.165, 1.54) is 6.08 Å². The van der Waals surface area contributed by atoms with Gasteiger partial charge in [0.1, 0.15) is 24.4 Å². The van der Waals surface area contributed by atoms with Crippen LogP contribution in [0.25, 0.3) is 0 Å². The van der Waals surface area contributed by atoms with E-state index in [0.29, 0.717) is 6.42 Å². The first-order valence-electron chi connectivity index (χ1n) is 8.72. The normalized spacial score (nSPS) is 32.8. The average molecular weight is 374 g/mol. The summed E-state index contributed by atoms with van der Waals surface area (Å²) in [6.45, 7) is 4.63.